The Kier molecular flexibility index (Phi) is 4.98. The van der Waals surface area contributed by atoms with E-state index in [0.717, 1.165) is 12.3 Å². The van der Waals surface area contributed by atoms with Crippen LogP contribution in [0.25, 0.3) is 0 Å². The zero-order valence-electron chi connectivity index (χ0n) is 11.1. The van der Waals surface area contributed by atoms with Gasteiger partial charge in [-0.3, -0.25) is 4.79 Å². The lowest BCUT2D eigenvalue weighted by molar-refractivity contribution is 0.102. The molecule has 0 saturated heterocycles. The fourth-order valence-electron chi connectivity index (χ4n) is 1.75. The highest BCUT2D eigenvalue weighted by atomic mass is 35.5. The molecule has 0 aliphatic carbocycles. The van der Waals surface area contributed by atoms with E-state index < -0.39 is 11.7 Å². The Hall–Kier alpha value is -1.85. The number of hydrogen-bond acceptors (Lipinski definition) is 3. The molecule has 0 bridgehead atoms. The molecule has 0 aliphatic rings. The van der Waals surface area contributed by atoms with E-state index in [2.05, 4.69) is 15.6 Å². The van der Waals surface area contributed by atoms with Gasteiger partial charge in [0, 0.05) is 22.3 Å². The van der Waals surface area contributed by atoms with Gasteiger partial charge in [0.25, 0.3) is 5.91 Å². The zero-order chi connectivity index (χ0) is 15.4. The van der Waals surface area contributed by atoms with E-state index in [1.165, 1.54) is 0 Å². The van der Waals surface area contributed by atoms with Gasteiger partial charge in [-0.1, -0.05) is 23.2 Å². The second-order valence-electron chi connectivity index (χ2n) is 4.19. The summed E-state index contributed by atoms with van der Waals surface area (Å²) in [5, 5.41) is 6.30. The van der Waals surface area contributed by atoms with Gasteiger partial charge >= 0.3 is 0 Å². The number of carbonyl (C=O) groups is 1. The van der Waals surface area contributed by atoms with Gasteiger partial charge in [-0.15, -0.1) is 0 Å². The van der Waals surface area contributed by atoms with Crippen molar-refractivity contribution in [1.29, 1.82) is 0 Å². The van der Waals surface area contributed by atoms with Gasteiger partial charge in [-0.05, 0) is 31.2 Å². The lowest BCUT2D eigenvalue weighted by Gasteiger charge is -2.10. The van der Waals surface area contributed by atoms with E-state index in [1.807, 2.05) is 6.92 Å². The number of anilines is 2. The topological polar surface area (TPSA) is 54.0 Å². The highest BCUT2D eigenvalue weighted by molar-refractivity contribution is 6.35. The average Bonchev–Trinajstić information content (AvgIpc) is 2.39. The number of amides is 1. The zero-order valence-corrected chi connectivity index (χ0v) is 12.6. The third-order valence-electron chi connectivity index (χ3n) is 2.56. The van der Waals surface area contributed by atoms with Crippen molar-refractivity contribution in [3.05, 3.63) is 51.9 Å². The first-order chi connectivity index (χ1) is 9.99. The van der Waals surface area contributed by atoms with Crippen LogP contribution in [0.15, 0.2) is 30.5 Å². The highest BCUT2D eigenvalue weighted by Crippen LogP contribution is 2.23. The summed E-state index contributed by atoms with van der Waals surface area (Å²) in [6.07, 6.45) is 1.05. The average molecular weight is 328 g/mol. The van der Waals surface area contributed by atoms with Crippen molar-refractivity contribution < 1.29 is 9.18 Å². The number of pyridine rings is 1. The second-order valence-corrected chi connectivity index (χ2v) is 5.07. The van der Waals surface area contributed by atoms with Gasteiger partial charge < -0.3 is 10.6 Å². The molecule has 0 spiro atoms. The number of nitrogens with one attached hydrogen (secondary N) is 2. The second kappa shape index (κ2) is 6.74. The summed E-state index contributed by atoms with van der Waals surface area (Å²) in [6.45, 7) is 2.41. The molecule has 4 nitrogen and oxygen atoms in total. The first kappa shape index (κ1) is 15.5. The largest absolute Gasteiger partial charge is 0.370 e. The molecule has 0 atom stereocenters. The Morgan fingerprint density at radius 1 is 1.24 bits per heavy atom. The van der Waals surface area contributed by atoms with E-state index in [1.54, 1.807) is 18.2 Å². The van der Waals surface area contributed by atoms with Crippen LogP contribution in [0.4, 0.5) is 15.9 Å². The lowest BCUT2D eigenvalue weighted by Crippen LogP contribution is -2.16. The van der Waals surface area contributed by atoms with Gasteiger partial charge in [0.2, 0.25) is 0 Å². The SMILES string of the molecule is CCNc1ncc(F)cc1C(=O)Nc1cc(Cl)cc(Cl)c1. The minimum atomic E-state index is -0.592. The van der Waals surface area contributed by atoms with E-state index in [4.69, 9.17) is 23.2 Å². The maximum Gasteiger partial charge on any atom is 0.259 e. The molecule has 1 heterocycles. The third-order valence-corrected chi connectivity index (χ3v) is 3.00. The first-order valence-electron chi connectivity index (χ1n) is 6.16. The van der Waals surface area contributed by atoms with Crippen LogP contribution in [-0.2, 0) is 0 Å². The standard InChI is InChI=1S/C14H12Cl2FN3O/c1-2-18-13-12(6-10(17)7-19-13)14(21)20-11-4-8(15)3-9(16)5-11/h3-7H,2H2,1H3,(H,18,19)(H,20,21). The van der Waals surface area contributed by atoms with Crippen LogP contribution in [0.2, 0.25) is 10.0 Å². The molecule has 21 heavy (non-hydrogen) atoms. The van der Waals surface area contributed by atoms with Crippen molar-refractivity contribution >= 4 is 40.6 Å². The molecule has 1 amide bonds. The molecular formula is C14H12Cl2FN3O. The fourth-order valence-corrected chi connectivity index (χ4v) is 2.27. The van der Waals surface area contributed by atoms with Crippen LogP contribution in [0.3, 0.4) is 0 Å². The molecule has 110 valence electrons. The smallest absolute Gasteiger partial charge is 0.259 e. The summed E-state index contributed by atoms with van der Waals surface area (Å²) in [5.74, 6) is -0.785. The van der Waals surface area contributed by atoms with Crippen LogP contribution >= 0.6 is 23.2 Å². The monoisotopic (exact) mass is 327 g/mol. The molecule has 0 radical (unpaired) electrons. The number of carbonyl (C=O) groups excluding carboxylic acids is 1. The molecule has 2 aromatic rings. The van der Waals surface area contributed by atoms with Crippen molar-refractivity contribution in [3.8, 4) is 0 Å². The van der Waals surface area contributed by atoms with Crippen LogP contribution in [0.5, 0.6) is 0 Å². The minimum Gasteiger partial charge on any atom is -0.370 e. The Balaban J connectivity index is 2.29. The maximum atomic E-state index is 13.3. The molecule has 1 aromatic heterocycles. The summed E-state index contributed by atoms with van der Waals surface area (Å²) >= 11 is 11.7. The minimum absolute atomic E-state index is 0.105. The van der Waals surface area contributed by atoms with Crippen LogP contribution < -0.4 is 10.6 Å². The normalized spacial score (nSPS) is 10.3. The molecule has 0 unspecified atom stereocenters. The lowest BCUT2D eigenvalue weighted by atomic mass is 10.2. The Labute approximate surface area is 131 Å². The number of halogens is 3. The maximum absolute atomic E-state index is 13.3. The first-order valence-corrected chi connectivity index (χ1v) is 6.92. The Bertz CT molecular complexity index is 659. The molecule has 0 fully saturated rings. The van der Waals surface area contributed by atoms with Gasteiger partial charge in [0.1, 0.15) is 11.6 Å². The summed E-state index contributed by atoms with van der Waals surface area (Å²) in [7, 11) is 0. The van der Waals surface area contributed by atoms with E-state index >= 15 is 0 Å². The molecule has 1 aromatic carbocycles. The fraction of sp³-hybridized carbons (Fsp3) is 0.143. The molecule has 2 N–H and O–H groups in total. The van der Waals surface area contributed by atoms with Crippen molar-refractivity contribution in [2.24, 2.45) is 0 Å². The van der Waals surface area contributed by atoms with E-state index in [9.17, 15) is 9.18 Å². The van der Waals surface area contributed by atoms with Gasteiger partial charge in [-0.2, -0.15) is 0 Å². The predicted molar refractivity (Wildman–Crippen MR) is 82.8 cm³/mol. The molecule has 0 aliphatic heterocycles. The van der Waals surface area contributed by atoms with Gasteiger partial charge in [-0.25, -0.2) is 9.37 Å². The van der Waals surface area contributed by atoms with Crippen molar-refractivity contribution in [2.45, 2.75) is 6.92 Å². The molecule has 2 rings (SSSR count). The van der Waals surface area contributed by atoms with Gasteiger partial charge in [0.05, 0.1) is 11.8 Å². The van der Waals surface area contributed by atoms with E-state index in [0.29, 0.717) is 28.1 Å². The quantitative estimate of drug-likeness (QED) is 0.884. The van der Waals surface area contributed by atoms with Crippen molar-refractivity contribution in [3.63, 3.8) is 0 Å². The van der Waals surface area contributed by atoms with Crippen LogP contribution in [0, 0.1) is 5.82 Å². The number of nitrogens with zero attached hydrogens (tertiary/aromatic N) is 1. The summed E-state index contributed by atoms with van der Waals surface area (Å²) in [6, 6.07) is 5.76. The predicted octanol–water partition coefficient (Wildman–Crippen LogP) is 4.21. The van der Waals surface area contributed by atoms with Crippen molar-refractivity contribution in [2.75, 3.05) is 17.2 Å². The molecule has 0 saturated carbocycles. The Morgan fingerprint density at radius 2 is 1.90 bits per heavy atom. The third kappa shape index (κ3) is 4.06. The summed E-state index contributed by atoms with van der Waals surface area (Å²) < 4.78 is 13.3. The van der Waals surface area contributed by atoms with E-state index in [-0.39, 0.29) is 5.56 Å². The number of aromatic nitrogens is 1. The van der Waals surface area contributed by atoms with Crippen LogP contribution in [-0.4, -0.2) is 17.4 Å². The highest BCUT2D eigenvalue weighted by Gasteiger charge is 2.14. The molecular weight excluding hydrogens is 316 g/mol. The molecule has 7 heteroatoms. The summed E-state index contributed by atoms with van der Waals surface area (Å²) in [4.78, 5) is 16.1. The number of rotatable bonds is 4. The Morgan fingerprint density at radius 3 is 2.52 bits per heavy atom. The summed E-state index contributed by atoms with van der Waals surface area (Å²) in [5.41, 5.74) is 0.525. The number of hydrogen-bond donors (Lipinski definition) is 2. The van der Waals surface area contributed by atoms with Crippen LogP contribution in [0.1, 0.15) is 17.3 Å². The number of benzene rings is 1. The van der Waals surface area contributed by atoms with Crippen molar-refractivity contribution in [1.82, 2.24) is 4.98 Å². The van der Waals surface area contributed by atoms with Gasteiger partial charge in [0.15, 0.2) is 0 Å².